The molecule has 1 aliphatic rings. The topological polar surface area (TPSA) is 96.9 Å². The Kier molecular flexibility index (Phi) is 4.64. The standard InChI is InChI=1S/C14H18N2O5/c1-14(5-6-20-9-14)16-13(19)15-10-3-2-4-11(7-10)21-8-12(17)18/h2-4,7H,5-6,8-9H2,1H3,(H,17,18)(H2,15,16,19). The van der Waals surface area contributed by atoms with Crippen LogP contribution in [0.1, 0.15) is 13.3 Å². The van der Waals surface area contributed by atoms with Crippen LogP contribution in [0.3, 0.4) is 0 Å². The summed E-state index contributed by atoms with van der Waals surface area (Å²) in [7, 11) is 0. The van der Waals surface area contributed by atoms with Gasteiger partial charge in [-0.3, -0.25) is 0 Å². The molecule has 1 atom stereocenters. The van der Waals surface area contributed by atoms with E-state index in [0.717, 1.165) is 6.42 Å². The van der Waals surface area contributed by atoms with Crippen molar-refractivity contribution in [2.45, 2.75) is 18.9 Å². The summed E-state index contributed by atoms with van der Waals surface area (Å²) in [5.74, 6) is -0.675. The summed E-state index contributed by atoms with van der Waals surface area (Å²) in [5.41, 5.74) is 0.166. The molecule has 0 saturated carbocycles. The van der Waals surface area contributed by atoms with E-state index in [9.17, 15) is 9.59 Å². The molecule has 21 heavy (non-hydrogen) atoms. The third kappa shape index (κ3) is 4.64. The second kappa shape index (κ2) is 6.45. The fourth-order valence-electron chi connectivity index (χ4n) is 2.01. The van der Waals surface area contributed by atoms with Crippen LogP contribution in [0.5, 0.6) is 5.75 Å². The van der Waals surface area contributed by atoms with Gasteiger partial charge in [0.2, 0.25) is 0 Å². The minimum atomic E-state index is -1.06. The molecule has 114 valence electrons. The van der Waals surface area contributed by atoms with Crippen molar-refractivity contribution in [3.63, 3.8) is 0 Å². The molecule has 0 aromatic heterocycles. The second-order valence-corrected chi connectivity index (χ2v) is 5.15. The predicted octanol–water partition coefficient (Wildman–Crippen LogP) is 1.45. The van der Waals surface area contributed by atoms with Gasteiger partial charge in [0, 0.05) is 18.4 Å². The molecule has 3 N–H and O–H groups in total. The molecule has 0 aliphatic carbocycles. The van der Waals surface area contributed by atoms with E-state index in [4.69, 9.17) is 14.6 Å². The molecule has 2 amide bonds. The number of carbonyl (C=O) groups excluding carboxylic acids is 1. The van der Waals surface area contributed by atoms with Gasteiger partial charge in [0.05, 0.1) is 12.1 Å². The van der Waals surface area contributed by atoms with Crippen molar-refractivity contribution in [1.29, 1.82) is 0 Å². The molecular formula is C14H18N2O5. The SMILES string of the molecule is CC1(NC(=O)Nc2cccc(OCC(=O)O)c2)CCOC1. The Balaban J connectivity index is 1.91. The van der Waals surface area contributed by atoms with Crippen molar-refractivity contribution in [2.75, 3.05) is 25.1 Å². The number of carbonyl (C=O) groups is 2. The first-order valence-electron chi connectivity index (χ1n) is 6.58. The van der Waals surface area contributed by atoms with Gasteiger partial charge in [0.25, 0.3) is 0 Å². The Labute approximate surface area is 122 Å². The number of urea groups is 1. The number of rotatable bonds is 5. The lowest BCUT2D eigenvalue weighted by Gasteiger charge is -2.23. The zero-order valence-electron chi connectivity index (χ0n) is 11.7. The van der Waals surface area contributed by atoms with Crippen LogP contribution in [-0.2, 0) is 9.53 Å². The summed E-state index contributed by atoms with van der Waals surface area (Å²) in [5, 5.41) is 14.1. The van der Waals surface area contributed by atoms with Crippen molar-refractivity contribution in [1.82, 2.24) is 5.32 Å². The highest BCUT2D eigenvalue weighted by atomic mass is 16.5. The third-order valence-corrected chi connectivity index (χ3v) is 3.09. The van der Waals surface area contributed by atoms with E-state index in [1.54, 1.807) is 24.3 Å². The van der Waals surface area contributed by atoms with Crippen LogP contribution in [0.25, 0.3) is 0 Å². The maximum absolute atomic E-state index is 11.9. The summed E-state index contributed by atoms with van der Waals surface area (Å²) < 4.78 is 10.3. The first-order valence-corrected chi connectivity index (χ1v) is 6.58. The van der Waals surface area contributed by atoms with E-state index in [1.807, 2.05) is 6.92 Å². The van der Waals surface area contributed by atoms with E-state index in [2.05, 4.69) is 10.6 Å². The molecule has 1 aliphatic heterocycles. The number of carboxylic acid groups (broad SMARTS) is 1. The van der Waals surface area contributed by atoms with Gasteiger partial charge in [-0.05, 0) is 25.5 Å². The average molecular weight is 294 g/mol. The minimum Gasteiger partial charge on any atom is -0.482 e. The minimum absolute atomic E-state index is 0.335. The van der Waals surface area contributed by atoms with Crippen molar-refractivity contribution < 1.29 is 24.2 Å². The molecule has 0 spiro atoms. The molecule has 7 nitrogen and oxygen atoms in total. The summed E-state index contributed by atoms with van der Waals surface area (Å²) >= 11 is 0. The predicted molar refractivity (Wildman–Crippen MR) is 75.6 cm³/mol. The Morgan fingerprint density at radius 2 is 2.29 bits per heavy atom. The van der Waals surface area contributed by atoms with Crippen LogP contribution in [0.15, 0.2) is 24.3 Å². The van der Waals surface area contributed by atoms with E-state index >= 15 is 0 Å². The van der Waals surface area contributed by atoms with Crippen LogP contribution in [0.4, 0.5) is 10.5 Å². The Bertz CT molecular complexity index is 526. The van der Waals surface area contributed by atoms with E-state index in [1.165, 1.54) is 0 Å². The smallest absolute Gasteiger partial charge is 0.341 e. The Morgan fingerprint density at radius 1 is 1.48 bits per heavy atom. The molecule has 2 rings (SSSR count). The number of nitrogens with one attached hydrogen (secondary N) is 2. The summed E-state index contributed by atoms with van der Waals surface area (Å²) in [6.45, 7) is 2.62. The number of amides is 2. The Morgan fingerprint density at radius 3 is 2.95 bits per heavy atom. The van der Waals surface area contributed by atoms with Gasteiger partial charge in [-0.2, -0.15) is 0 Å². The number of carboxylic acids is 1. The zero-order valence-corrected chi connectivity index (χ0v) is 11.7. The fraction of sp³-hybridized carbons (Fsp3) is 0.429. The lowest BCUT2D eigenvalue weighted by Crippen LogP contribution is -2.48. The largest absolute Gasteiger partial charge is 0.482 e. The quantitative estimate of drug-likeness (QED) is 0.763. The molecule has 7 heteroatoms. The number of ether oxygens (including phenoxy) is 2. The van der Waals surface area contributed by atoms with Crippen LogP contribution >= 0.6 is 0 Å². The van der Waals surface area contributed by atoms with Gasteiger partial charge in [0.15, 0.2) is 6.61 Å². The highest BCUT2D eigenvalue weighted by Crippen LogP contribution is 2.19. The van der Waals surface area contributed by atoms with Gasteiger partial charge in [-0.1, -0.05) is 6.07 Å². The van der Waals surface area contributed by atoms with Gasteiger partial charge >= 0.3 is 12.0 Å². The summed E-state index contributed by atoms with van der Waals surface area (Å²) in [4.78, 5) is 22.4. The number of benzene rings is 1. The van der Waals surface area contributed by atoms with Gasteiger partial charge in [-0.15, -0.1) is 0 Å². The van der Waals surface area contributed by atoms with Gasteiger partial charge in [0.1, 0.15) is 5.75 Å². The van der Waals surface area contributed by atoms with Crippen molar-refractivity contribution in [2.24, 2.45) is 0 Å². The first-order chi connectivity index (χ1) is 9.97. The zero-order chi connectivity index (χ0) is 15.3. The van der Waals surface area contributed by atoms with E-state index in [0.29, 0.717) is 24.7 Å². The van der Waals surface area contributed by atoms with Crippen LogP contribution in [0, 0.1) is 0 Å². The summed E-state index contributed by atoms with van der Waals surface area (Å²) in [6.07, 6.45) is 0.766. The number of anilines is 1. The lowest BCUT2D eigenvalue weighted by atomic mass is 10.0. The number of hydrogen-bond acceptors (Lipinski definition) is 4. The molecule has 0 radical (unpaired) electrons. The van der Waals surface area contributed by atoms with Crippen molar-refractivity contribution >= 4 is 17.7 Å². The van der Waals surface area contributed by atoms with Crippen LogP contribution in [-0.4, -0.2) is 42.5 Å². The highest BCUT2D eigenvalue weighted by Gasteiger charge is 2.31. The Hall–Kier alpha value is -2.28. The monoisotopic (exact) mass is 294 g/mol. The molecule has 1 fully saturated rings. The number of hydrogen-bond donors (Lipinski definition) is 3. The van der Waals surface area contributed by atoms with Crippen LogP contribution in [0.2, 0.25) is 0 Å². The number of aliphatic carboxylic acids is 1. The second-order valence-electron chi connectivity index (χ2n) is 5.15. The van der Waals surface area contributed by atoms with Crippen molar-refractivity contribution in [3.05, 3.63) is 24.3 Å². The van der Waals surface area contributed by atoms with Gasteiger partial charge < -0.3 is 25.2 Å². The maximum Gasteiger partial charge on any atom is 0.341 e. The molecule has 0 bridgehead atoms. The maximum atomic E-state index is 11.9. The van der Waals surface area contributed by atoms with E-state index < -0.39 is 12.6 Å². The van der Waals surface area contributed by atoms with Crippen molar-refractivity contribution in [3.8, 4) is 5.75 Å². The highest BCUT2D eigenvalue weighted by molar-refractivity contribution is 5.90. The molecule has 1 unspecified atom stereocenters. The van der Waals surface area contributed by atoms with Gasteiger partial charge in [-0.25, -0.2) is 9.59 Å². The van der Waals surface area contributed by atoms with Crippen LogP contribution < -0.4 is 15.4 Å². The summed E-state index contributed by atoms with van der Waals surface area (Å²) in [6, 6.07) is 6.22. The molecule has 1 saturated heterocycles. The molecule has 1 heterocycles. The third-order valence-electron chi connectivity index (χ3n) is 3.09. The molecule has 1 aromatic carbocycles. The normalized spacial score (nSPS) is 20.8. The lowest BCUT2D eigenvalue weighted by molar-refractivity contribution is -0.139. The first kappa shape index (κ1) is 15.1. The molecular weight excluding hydrogens is 276 g/mol. The molecule has 1 aromatic rings. The average Bonchev–Trinajstić information content (AvgIpc) is 2.83. The van der Waals surface area contributed by atoms with E-state index in [-0.39, 0.29) is 11.6 Å². The fourth-order valence-corrected chi connectivity index (χ4v) is 2.01.